The fourth-order valence-electron chi connectivity index (χ4n) is 1.74. The van der Waals surface area contributed by atoms with Gasteiger partial charge in [0.15, 0.2) is 5.13 Å². The van der Waals surface area contributed by atoms with E-state index < -0.39 is 0 Å². The third-order valence-electron chi connectivity index (χ3n) is 2.65. The van der Waals surface area contributed by atoms with Gasteiger partial charge in [0.2, 0.25) is 5.91 Å². The Labute approximate surface area is 120 Å². The van der Waals surface area contributed by atoms with Crippen LogP contribution in [-0.4, -0.2) is 24.0 Å². The summed E-state index contributed by atoms with van der Waals surface area (Å²) >= 11 is 1.40. The summed E-state index contributed by atoms with van der Waals surface area (Å²) < 4.78 is 4.66. The maximum absolute atomic E-state index is 11.4. The number of carbonyl (C=O) groups excluding carboxylic acids is 2. The molecule has 0 bridgehead atoms. The summed E-state index contributed by atoms with van der Waals surface area (Å²) in [4.78, 5) is 27.7. The molecule has 0 saturated carbocycles. The molecule has 0 atom stereocenters. The summed E-state index contributed by atoms with van der Waals surface area (Å²) in [6.45, 7) is 3.33. The van der Waals surface area contributed by atoms with Gasteiger partial charge in [-0.3, -0.25) is 4.79 Å². The molecule has 1 amide bonds. The number of benzene rings is 1. The number of hydrogen-bond donors (Lipinski definition) is 1. The molecule has 6 heteroatoms. The van der Waals surface area contributed by atoms with Crippen molar-refractivity contribution in [1.29, 1.82) is 0 Å². The summed E-state index contributed by atoms with van der Waals surface area (Å²) in [6.07, 6.45) is 0. The molecular weight excluding hydrogens is 276 g/mol. The molecule has 2 aromatic rings. The standard InChI is InChI=1S/C14H14N2O3S/c1-8-12(20-14(15-8)16-9(2)17)10-4-6-11(7-5-10)13(18)19-3/h4-7H,1-3H3,(H,15,16,17). The fourth-order valence-corrected chi connectivity index (χ4v) is 2.76. The monoisotopic (exact) mass is 290 g/mol. The Bertz CT molecular complexity index is 647. The summed E-state index contributed by atoms with van der Waals surface area (Å²) in [6, 6.07) is 7.09. The second-order valence-corrected chi connectivity index (χ2v) is 5.18. The van der Waals surface area contributed by atoms with Crippen molar-refractivity contribution in [1.82, 2.24) is 4.98 Å². The van der Waals surface area contributed by atoms with Crippen molar-refractivity contribution in [2.24, 2.45) is 0 Å². The fraction of sp³-hybridized carbons (Fsp3) is 0.214. The van der Waals surface area contributed by atoms with E-state index >= 15 is 0 Å². The molecule has 0 radical (unpaired) electrons. The van der Waals surface area contributed by atoms with Gasteiger partial charge in [0.05, 0.1) is 23.2 Å². The molecule has 1 heterocycles. The minimum absolute atomic E-state index is 0.147. The predicted molar refractivity (Wildman–Crippen MR) is 77.9 cm³/mol. The molecule has 0 aliphatic heterocycles. The van der Waals surface area contributed by atoms with Crippen LogP contribution in [0.25, 0.3) is 10.4 Å². The van der Waals surface area contributed by atoms with Crippen molar-refractivity contribution in [3.05, 3.63) is 35.5 Å². The van der Waals surface area contributed by atoms with Crippen molar-refractivity contribution >= 4 is 28.3 Å². The lowest BCUT2D eigenvalue weighted by Crippen LogP contribution is -2.04. The Balaban J connectivity index is 2.29. The Morgan fingerprint density at radius 2 is 1.90 bits per heavy atom. The molecule has 0 aliphatic carbocycles. The van der Waals surface area contributed by atoms with E-state index in [0.717, 1.165) is 16.1 Å². The summed E-state index contributed by atoms with van der Waals surface area (Å²) in [5.41, 5.74) is 2.29. The third kappa shape index (κ3) is 3.03. The Morgan fingerprint density at radius 1 is 1.25 bits per heavy atom. The molecule has 1 N–H and O–H groups in total. The molecule has 5 nitrogen and oxygen atoms in total. The van der Waals surface area contributed by atoms with Crippen molar-refractivity contribution in [2.45, 2.75) is 13.8 Å². The number of esters is 1. The minimum Gasteiger partial charge on any atom is -0.465 e. The number of aromatic nitrogens is 1. The van der Waals surface area contributed by atoms with Gasteiger partial charge in [-0.2, -0.15) is 0 Å². The number of methoxy groups -OCH3 is 1. The smallest absolute Gasteiger partial charge is 0.337 e. The van der Waals surface area contributed by atoms with Crippen molar-refractivity contribution < 1.29 is 14.3 Å². The van der Waals surface area contributed by atoms with Crippen molar-refractivity contribution in [3.8, 4) is 10.4 Å². The first-order valence-electron chi connectivity index (χ1n) is 5.95. The van der Waals surface area contributed by atoms with Gasteiger partial charge < -0.3 is 10.1 Å². The van der Waals surface area contributed by atoms with Crippen LogP contribution in [0.2, 0.25) is 0 Å². The number of anilines is 1. The van der Waals surface area contributed by atoms with Crippen LogP contribution in [-0.2, 0) is 9.53 Å². The molecule has 0 spiro atoms. The Morgan fingerprint density at radius 3 is 2.45 bits per heavy atom. The maximum Gasteiger partial charge on any atom is 0.337 e. The van der Waals surface area contributed by atoms with Gasteiger partial charge in [-0.25, -0.2) is 9.78 Å². The SMILES string of the molecule is COC(=O)c1ccc(-c2sc(NC(C)=O)nc2C)cc1. The number of rotatable bonds is 3. The maximum atomic E-state index is 11.4. The molecule has 2 rings (SSSR count). The number of amides is 1. The molecule has 104 valence electrons. The van der Waals surface area contributed by atoms with Gasteiger partial charge in [-0.15, -0.1) is 0 Å². The van der Waals surface area contributed by atoms with E-state index in [4.69, 9.17) is 0 Å². The van der Waals surface area contributed by atoms with E-state index in [2.05, 4.69) is 15.0 Å². The first-order valence-corrected chi connectivity index (χ1v) is 6.76. The number of thiazole rings is 1. The van der Waals surface area contributed by atoms with Gasteiger partial charge in [-0.1, -0.05) is 23.5 Å². The summed E-state index contributed by atoms with van der Waals surface area (Å²) in [7, 11) is 1.35. The van der Waals surface area contributed by atoms with Gasteiger partial charge in [-0.05, 0) is 24.6 Å². The van der Waals surface area contributed by atoms with E-state index in [1.54, 1.807) is 12.1 Å². The van der Waals surface area contributed by atoms with Crippen LogP contribution >= 0.6 is 11.3 Å². The molecule has 0 unspecified atom stereocenters. The highest BCUT2D eigenvalue weighted by Crippen LogP contribution is 2.32. The second-order valence-electron chi connectivity index (χ2n) is 4.18. The molecular formula is C14H14N2O3S. The summed E-state index contributed by atoms with van der Waals surface area (Å²) in [5, 5.41) is 3.24. The lowest BCUT2D eigenvalue weighted by Gasteiger charge is -2.01. The first-order chi connectivity index (χ1) is 9.51. The van der Waals surface area contributed by atoms with Gasteiger partial charge in [0.25, 0.3) is 0 Å². The van der Waals surface area contributed by atoms with E-state index in [-0.39, 0.29) is 11.9 Å². The second kappa shape index (κ2) is 5.83. The highest BCUT2D eigenvalue weighted by atomic mass is 32.1. The normalized spacial score (nSPS) is 10.2. The average molecular weight is 290 g/mol. The first kappa shape index (κ1) is 14.2. The van der Waals surface area contributed by atoms with Crippen LogP contribution in [0.15, 0.2) is 24.3 Å². The average Bonchev–Trinajstić information content (AvgIpc) is 2.78. The highest BCUT2D eigenvalue weighted by molar-refractivity contribution is 7.19. The molecule has 1 aromatic heterocycles. The number of carbonyl (C=O) groups is 2. The van der Waals surface area contributed by atoms with Crippen LogP contribution in [0.3, 0.4) is 0 Å². The number of aryl methyl sites for hydroxylation is 1. The zero-order valence-electron chi connectivity index (χ0n) is 11.4. The lowest BCUT2D eigenvalue weighted by molar-refractivity contribution is -0.114. The van der Waals surface area contributed by atoms with E-state index in [9.17, 15) is 9.59 Å². The highest BCUT2D eigenvalue weighted by Gasteiger charge is 2.11. The Kier molecular flexibility index (Phi) is 4.14. The van der Waals surface area contributed by atoms with Crippen LogP contribution in [0, 0.1) is 6.92 Å². The van der Waals surface area contributed by atoms with E-state index in [0.29, 0.717) is 10.7 Å². The lowest BCUT2D eigenvalue weighted by atomic mass is 10.1. The Hall–Kier alpha value is -2.21. The van der Waals surface area contributed by atoms with Gasteiger partial charge in [0.1, 0.15) is 0 Å². The topological polar surface area (TPSA) is 68.3 Å². The van der Waals surface area contributed by atoms with Crippen LogP contribution in [0.1, 0.15) is 23.0 Å². The number of nitrogens with zero attached hydrogens (tertiary/aromatic N) is 1. The van der Waals surface area contributed by atoms with Gasteiger partial charge in [0, 0.05) is 6.92 Å². The zero-order valence-corrected chi connectivity index (χ0v) is 12.2. The molecule has 1 aromatic carbocycles. The quantitative estimate of drug-likeness (QED) is 0.883. The molecule has 0 saturated heterocycles. The summed E-state index contributed by atoms with van der Waals surface area (Å²) in [5.74, 6) is -0.511. The molecule has 20 heavy (non-hydrogen) atoms. The zero-order chi connectivity index (χ0) is 14.7. The van der Waals surface area contributed by atoms with Crippen LogP contribution in [0.4, 0.5) is 5.13 Å². The minimum atomic E-state index is -0.364. The van der Waals surface area contributed by atoms with E-state index in [1.807, 2.05) is 19.1 Å². The van der Waals surface area contributed by atoms with Crippen LogP contribution in [0.5, 0.6) is 0 Å². The number of ether oxygens (including phenoxy) is 1. The molecule has 0 aliphatic rings. The third-order valence-corrected chi connectivity index (χ3v) is 3.77. The van der Waals surface area contributed by atoms with E-state index in [1.165, 1.54) is 25.4 Å². The van der Waals surface area contributed by atoms with Crippen molar-refractivity contribution in [2.75, 3.05) is 12.4 Å². The van der Waals surface area contributed by atoms with Crippen molar-refractivity contribution in [3.63, 3.8) is 0 Å². The van der Waals surface area contributed by atoms with Crippen LogP contribution < -0.4 is 5.32 Å². The molecule has 0 fully saturated rings. The van der Waals surface area contributed by atoms with Gasteiger partial charge >= 0.3 is 5.97 Å². The largest absolute Gasteiger partial charge is 0.465 e. The predicted octanol–water partition coefficient (Wildman–Crippen LogP) is 2.86. The number of hydrogen-bond acceptors (Lipinski definition) is 5. The number of nitrogens with one attached hydrogen (secondary N) is 1.